The molecule has 1 N–H and O–H groups in total. The zero-order valence-electron chi connectivity index (χ0n) is 13.4. The lowest BCUT2D eigenvalue weighted by atomic mass is 10.2. The highest BCUT2D eigenvalue weighted by Crippen LogP contribution is 2.32. The minimum Gasteiger partial charge on any atom is -0.301 e. The van der Waals surface area contributed by atoms with Crippen molar-refractivity contribution in [2.75, 3.05) is 23.4 Å². The van der Waals surface area contributed by atoms with E-state index in [1.54, 1.807) is 6.07 Å². The summed E-state index contributed by atoms with van der Waals surface area (Å²) in [5.74, 6) is -0.213. The van der Waals surface area contributed by atoms with Gasteiger partial charge in [0.2, 0.25) is 5.91 Å². The molecule has 9 heteroatoms. The molecule has 1 aliphatic carbocycles. The molecular weight excluding hydrogens is 365 g/mol. The zero-order valence-corrected chi connectivity index (χ0v) is 15.1. The van der Waals surface area contributed by atoms with Crippen molar-refractivity contribution < 1.29 is 17.6 Å². The molecule has 0 spiro atoms. The lowest BCUT2D eigenvalue weighted by Crippen LogP contribution is -2.43. The summed E-state index contributed by atoms with van der Waals surface area (Å²) in [7, 11) is -2.98. The van der Waals surface area contributed by atoms with Crippen molar-refractivity contribution >= 4 is 42.4 Å². The second-order valence-corrected chi connectivity index (χ2v) is 9.90. The van der Waals surface area contributed by atoms with Gasteiger partial charge in [-0.05, 0) is 37.5 Å². The fourth-order valence-corrected chi connectivity index (χ4v) is 5.93. The molecule has 1 saturated heterocycles. The smallest absolute Gasteiger partial charge is 0.240 e. The molecular formula is C16H18FN3O3S2. The van der Waals surface area contributed by atoms with Gasteiger partial charge in [-0.15, -0.1) is 0 Å². The summed E-state index contributed by atoms with van der Waals surface area (Å²) in [5, 5.41) is 3.19. The minimum atomic E-state index is -2.98. The Morgan fingerprint density at radius 1 is 1.32 bits per heavy atom. The van der Waals surface area contributed by atoms with Gasteiger partial charge in [-0.2, -0.15) is 0 Å². The van der Waals surface area contributed by atoms with Crippen LogP contribution >= 0.6 is 11.3 Å². The molecule has 1 saturated carbocycles. The average molecular weight is 383 g/mol. The second-order valence-electron chi connectivity index (χ2n) is 6.64. The Hall–Kier alpha value is -1.58. The van der Waals surface area contributed by atoms with Crippen LogP contribution in [0.1, 0.15) is 19.3 Å². The SMILES string of the molecule is O=C(CN(C1CC1)C1CCS(=O)(=O)C1)Nc1nc2ccc(F)cc2s1. The van der Waals surface area contributed by atoms with Gasteiger partial charge in [0.25, 0.3) is 0 Å². The maximum absolute atomic E-state index is 13.2. The van der Waals surface area contributed by atoms with Gasteiger partial charge in [-0.25, -0.2) is 17.8 Å². The zero-order chi connectivity index (χ0) is 17.6. The van der Waals surface area contributed by atoms with E-state index in [9.17, 15) is 17.6 Å². The van der Waals surface area contributed by atoms with Crippen LogP contribution in [0.2, 0.25) is 0 Å². The minimum absolute atomic E-state index is 0.0762. The van der Waals surface area contributed by atoms with Gasteiger partial charge in [0.05, 0.1) is 28.3 Å². The molecule has 2 aliphatic rings. The second kappa shape index (κ2) is 6.30. The van der Waals surface area contributed by atoms with Crippen molar-refractivity contribution in [3.8, 4) is 0 Å². The first kappa shape index (κ1) is 16.9. The Bertz CT molecular complexity index is 924. The number of carbonyl (C=O) groups is 1. The lowest BCUT2D eigenvalue weighted by Gasteiger charge is -2.27. The van der Waals surface area contributed by atoms with Gasteiger partial charge in [-0.1, -0.05) is 11.3 Å². The van der Waals surface area contributed by atoms with Gasteiger partial charge < -0.3 is 5.32 Å². The molecule has 0 bridgehead atoms. The highest BCUT2D eigenvalue weighted by Gasteiger charge is 2.40. The normalized spacial score (nSPS) is 22.6. The molecule has 1 atom stereocenters. The monoisotopic (exact) mass is 383 g/mol. The van der Waals surface area contributed by atoms with Crippen molar-refractivity contribution in [1.82, 2.24) is 9.88 Å². The molecule has 6 nitrogen and oxygen atoms in total. The lowest BCUT2D eigenvalue weighted by molar-refractivity contribution is -0.117. The number of sulfone groups is 1. The van der Waals surface area contributed by atoms with Gasteiger partial charge in [-0.3, -0.25) is 9.69 Å². The number of nitrogens with one attached hydrogen (secondary N) is 1. The first-order chi connectivity index (χ1) is 11.9. The summed E-state index contributed by atoms with van der Waals surface area (Å²) >= 11 is 1.23. The molecule has 134 valence electrons. The van der Waals surface area contributed by atoms with Crippen LogP contribution in [0.5, 0.6) is 0 Å². The predicted molar refractivity (Wildman–Crippen MR) is 95.0 cm³/mol. The Kier molecular flexibility index (Phi) is 4.25. The van der Waals surface area contributed by atoms with Crippen LogP contribution in [0.4, 0.5) is 9.52 Å². The van der Waals surface area contributed by atoms with E-state index in [2.05, 4.69) is 10.3 Å². The van der Waals surface area contributed by atoms with Crippen molar-refractivity contribution in [3.63, 3.8) is 0 Å². The number of benzene rings is 1. The summed E-state index contributed by atoms with van der Waals surface area (Å²) < 4.78 is 37.4. The third-order valence-corrected chi connectivity index (χ3v) is 7.30. The van der Waals surface area contributed by atoms with E-state index in [1.807, 2.05) is 4.90 Å². The summed E-state index contributed by atoms with van der Waals surface area (Å²) in [6.45, 7) is 0.162. The van der Waals surface area contributed by atoms with E-state index < -0.39 is 9.84 Å². The number of hydrogen-bond donors (Lipinski definition) is 1. The van der Waals surface area contributed by atoms with E-state index in [1.165, 1.54) is 23.5 Å². The number of aromatic nitrogens is 1. The predicted octanol–water partition coefficient (Wildman–Crippen LogP) is 2.03. The standard InChI is InChI=1S/C16H18FN3O3S2/c17-10-1-4-13-14(7-10)24-16(18-13)19-15(21)8-20(11-2-3-11)12-5-6-25(22,23)9-12/h1,4,7,11-12H,2-3,5-6,8-9H2,(H,18,19,21). The Morgan fingerprint density at radius 2 is 2.12 bits per heavy atom. The van der Waals surface area contributed by atoms with Crippen LogP contribution in [0, 0.1) is 5.82 Å². The fraction of sp³-hybridized carbons (Fsp3) is 0.500. The van der Waals surface area contributed by atoms with Crippen LogP contribution in [0.15, 0.2) is 18.2 Å². The third-order valence-electron chi connectivity index (χ3n) is 4.62. The largest absolute Gasteiger partial charge is 0.301 e. The van der Waals surface area contributed by atoms with Gasteiger partial charge in [0.1, 0.15) is 5.82 Å². The number of nitrogens with zero attached hydrogens (tertiary/aromatic N) is 2. The summed E-state index contributed by atoms with van der Waals surface area (Å²) in [5.41, 5.74) is 0.641. The Balaban J connectivity index is 1.44. The molecule has 2 heterocycles. The number of anilines is 1. The van der Waals surface area contributed by atoms with Gasteiger partial charge in [0.15, 0.2) is 15.0 Å². The molecule has 2 aromatic rings. The molecule has 1 unspecified atom stereocenters. The van der Waals surface area contributed by atoms with Crippen LogP contribution in [-0.4, -0.2) is 54.3 Å². The highest BCUT2D eigenvalue weighted by molar-refractivity contribution is 7.91. The third kappa shape index (κ3) is 3.83. The number of halogens is 1. The molecule has 25 heavy (non-hydrogen) atoms. The number of fused-ring (bicyclic) bond motifs is 1. The Morgan fingerprint density at radius 3 is 2.80 bits per heavy atom. The first-order valence-corrected chi connectivity index (χ1v) is 10.9. The fourth-order valence-electron chi connectivity index (χ4n) is 3.28. The number of amides is 1. The maximum Gasteiger partial charge on any atom is 0.240 e. The van der Waals surface area contributed by atoms with Gasteiger partial charge in [0, 0.05) is 12.1 Å². The quantitative estimate of drug-likeness (QED) is 0.855. The van der Waals surface area contributed by atoms with Crippen molar-refractivity contribution in [3.05, 3.63) is 24.0 Å². The molecule has 1 aromatic carbocycles. The van der Waals surface area contributed by atoms with E-state index in [0.717, 1.165) is 12.8 Å². The number of hydrogen-bond acceptors (Lipinski definition) is 6. The number of thiazole rings is 1. The molecule has 1 aliphatic heterocycles. The Labute approximate surface area is 149 Å². The highest BCUT2D eigenvalue weighted by atomic mass is 32.2. The van der Waals surface area contributed by atoms with Crippen molar-refractivity contribution in [1.29, 1.82) is 0 Å². The molecule has 1 aromatic heterocycles. The number of carbonyl (C=O) groups excluding carboxylic acids is 1. The van der Waals surface area contributed by atoms with Crippen molar-refractivity contribution in [2.24, 2.45) is 0 Å². The topological polar surface area (TPSA) is 79.4 Å². The van der Waals surface area contributed by atoms with E-state index >= 15 is 0 Å². The molecule has 0 radical (unpaired) electrons. The maximum atomic E-state index is 13.2. The summed E-state index contributed by atoms with van der Waals surface area (Å²) in [6.07, 6.45) is 2.60. The van der Waals surface area contributed by atoms with Crippen LogP contribution in [-0.2, 0) is 14.6 Å². The molecule has 1 amide bonds. The van der Waals surface area contributed by atoms with E-state index in [0.29, 0.717) is 27.8 Å². The first-order valence-electron chi connectivity index (χ1n) is 8.22. The van der Waals surface area contributed by atoms with E-state index in [4.69, 9.17) is 0 Å². The summed E-state index contributed by atoms with van der Waals surface area (Å²) in [6, 6.07) is 4.53. The molecule has 4 rings (SSSR count). The van der Waals surface area contributed by atoms with Gasteiger partial charge >= 0.3 is 0 Å². The molecule has 2 fully saturated rings. The summed E-state index contributed by atoms with van der Waals surface area (Å²) in [4.78, 5) is 18.7. The van der Waals surface area contributed by atoms with Crippen LogP contribution < -0.4 is 5.32 Å². The van der Waals surface area contributed by atoms with Crippen LogP contribution in [0.3, 0.4) is 0 Å². The van der Waals surface area contributed by atoms with E-state index in [-0.39, 0.29) is 35.8 Å². The van der Waals surface area contributed by atoms with Crippen molar-refractivity contribution in [2.45, 2.75) is 31.3 Å². The average Bonchev–Trinajstić information content (AvgIpc) is 3.20. The number of rotatable bonds is 5. The van der Waals surface area contributed by atoms with Crippen LogP contribution in [0.25, 0.3) is 10.2 Å².